The number of nitrogens with zero attached hydrogens (tertiary/aromatic N) is 4. The molecule has 1 amide bonds. The fourth-order valence-corrected chi connectivity index (χ4v) is 3.78. The van der Waals surface area contributed by atoms with Gasteiger partial charge in [0, 0.05) is 30.0 Å². The minimum Gasteiger partial charge on any atom is -0.422 e. The number of oxazole rings is 1. The molecule has 1 atom stereocenters. The molecule has 0 spiro atoms. The second kappa shape index (κ2) is 6.26. The number of rotatable bonds is 3. The Labute approximate surface area is 164 Å². The molecule has 2 aromatic heterocycles. The van der Waals surface area contributed by atoms with E-state index in [1.165, 1.54) is 16.8 Å². The normalized spacial score (nSPS) is 15.9. The molecule has 2 aromatic carbocycles. The van der Waals surface area contributed by atoms with Crippen LogP contribution in [0.5, 0.6) is 0 Å². The number of nitrogens with one attached hydrogen (secondary N) is 1. The second-order valence-corrected chi connectivity index (χ2v) is 6.88. The van der Waals surface area contributed by atoms with E-state index < -0.39 is 4.92 Å². The number of hydrogen-bond donors (Lipinski definition) is 1. The molecule has 1 N–H and O–H groups in total. The van der Waals surface area contributed by atoms with E-state index in [4.69, 9.17) is 4.42 Å². The Morgan fingerprint density at radius 1 is 1.24 bits per heavy atom. The molecule has 29 heavy (non-hydrogen) atoms. The molecule has 4 aromatic rings. The van der Waals surface area contributed by atoms with Crippen molar-refractivity contribution in [1.82, 2.24) is 14.8 Å². The Bertz CT molecular complexity index is 1260. The third kappa shape index (κ3) is 2.75. The summed E-state index contributed by atoms with van der Waals surface area (Å²) in [4.78, 5) is 27.6. The fourth-order valence-electron chi connectivity index (χ4n) is 3.78. The van der Waals surface area contributed by atoms with Gasteiger partial charge in [0.05, 0.1) is 10.6 Å². The molecule has 1 aliphatic heterocycles. The average molecular weight is 389 g/mol. The molecular formula is C20H15N5O4. The predicted molar refractivity (Wildman–Crippen MR) is 104 cm³/mol. The number of benzene rings is 2. The van der Waals surface area contributed by atoms with E-state index in [0.717, 1.165) is 5.56 Å². The van der Waals surface area contributed by atoms with E-state index >= 15 is 0 Å². The van der Waals surface area contributed by atoms with Gasteiger partial charge in [-0.05, 0) is 24.6 Å². The van der Waals surface area contributed by atoms with Crippen molar-refractivity contribution in [3.05, 3.63) is 75.5 Å². The highest BCUT2D eigenvalue weighted by atomic mass is 16.6. The monoisotopic (exact) mass is 389 g/mol. The SMILES string of the molecule is Cc1nn(-c2nc3ccccc3o2)c2c1[C@@H](c1cccc([N+](=O)[O-])c1)CC(=O)N2. The molecule has 5 rings (SSSR count). The number of nitro groups is 1. The van der Waals surface area contributed by atoms with Crippen molar-refractivity contribution in [3.8, 4) is 6.01 Å². The van der Waals surface area contributed by atoms with Crippen LogP contribution >= 0.6 is 0 Å². The van der Waals surface area contributed by atoms with E-state index in [1.54, 1.807) is 18.2 Å². The van der Waals surface area contributed by atoms with Crippen molar-refractivity contribution in [3.63, 3.8) is 0 Å². The Kier molecular flexibility index (Phi) is 3.70. The van der Waals surface area contributed by atoms with E-state index in [1.807, 2.05) is 25.1 Å². The van der Waals surface area contributed by atoms with Crippen LogP contribution in [0.25, 0.3) is 17.1 Å². The van der Waals surface area contributed by atoms with Crippen LogP contribution in [0.15, 0.2) is 52.9 Å². The Morgan fingerprint density at radius 3 is 2.86 bits per heavy atom. The standard InChI is InChI=1S/C20H15N5O4/c1-11-18-14(12-5-4-6-13(9-12)25(27)28)10-17(26)22-19(18)24(23-11)20-21-15-7-2-3-8-16(15)29-20/h2-9,14H,10H2,1H3,(H,22,26)/t14-/m1/s1. The molecule has 0 fully saturated rings. The molecule has 3 heterocycles. The van der Waals surface area contributed by atoms with Crippen LogP contribution in [0.4, 0.5) is 11.5 Å². The molecule has 9 nitrogen and oxygen atoms in total. The lowest BCUT2D eigenvalue weighted by Crippen LogP contribution is -2.25. The third-order valence-corrected chi connectivity index (χ3v) is 5.05. The highest BCUT2D eigenvalue weighted by molar-refractivity contribution is 5.95. The zero-order valence-corrected chi connectivity index (χ0v) is 15.3. The van der Waals surface area contributed by atoms with Gasteiger partial charge in [-0.1, -0.05) is 24.3 Å². The van der Waals surface area contributed by atoms with Crippen LogP contribution in [0, 0.1) is 17.0 Å². The largest absolute Gasteiger partial charge is 0.422 e. The van der Waals surface area contributed by atoms with Gasteiger partial charge in [0.2, 0.25) is 5.91 Å². The zero-order valence-electron chi connectivity index (χ0n) is 15.3. The molecule has 0 saturated carbocycles. The van der Waals surface area contributed by atoms with Crippen molar-refractivity contribution < 1.29 is 14.1 Å². The second-order valence-electron chi connectivity index (χ2n) is 6.88. The van der Waals surface area contributed by atoms with Gasteiger partial charge in [-0.15, -0.1) is 0 Å². The van der Waals surface area contributed by atoms with Gasteiger partial charge in [-0.25, -0.2) is 0 Å². The van der Waals surface area contributed by atoms with Gasteiger partial charge in [-0.3, -0.25) is 14.9 Å². The number of carbonyl (C=O) groups excluding carboxylic acids is 1. The van der Waals surface area contributed by atoms with Crippen molar-refractivity contribution in [1.29, 1.82) is 0 Å². The highest BCUT2D eigenvalue weighted by Gasteiger charge is 2.34. The predicted octanol–water partition coefficient (Wildman–Crippen LogP) is 3.70. The maximum Gasteiger partial charge on any atom is 0.325 e. The molecule has 1 aliphatic rings. The summed E-state index contributed by atoms with van der Waals surface area (Å²) in [5, 5.41) is 18.6. The highest BCUT2D eigenvalue weighted by Crippen LogP contribution is 2.41. The Hall–Kier alpha value is -4.01. The summed E-state index contributed by atoms with van der Waals surface area (Å²) >= 11 is 0. The van der Waals surface area contributed by atoms with Crippen LogP contribution in [0.3, 0.4) is 0 Å². The molecule has 144 valence electrons. The lowest BCUT2D eigenvalue weighted by Gasteiger charge is -2.23. The maximum atomic E-state index is 12.5. The molecule has 0 bridgehead atoms. The van der Waals surface area contributed by atoms with Gasteiger partial charge >= 0.3 is 6.01 Å². The maximum absolute atomic E-state index is 12.5. The van der Waals surface area contributed by atoms with Gasteiger partial charge in [0.1, 0.15) is 11.3 Å². The summed E-state index contributed by atoms with van der Waals surface area (Å²) in [5.41, 5.74) is 3.46. The van der Waals surface area contributed by atoms with Crippen LogP contribution in [-0.2, 0) is 4.79 Å². The smallest absolute Gasteiger partial charge is 0.325 e. The zero-order chi connectivity index (χ0) is 20.1. The lowest BCUT2D eigenvalue weighted by atomic mass is 9.85. The summed E-state index contributed by atoms with van der Waals surface area (Å²) in [6.45, 7) is 1.83. The quantitative estimate of drug-likeness (QED) is 0.422. The molecule has 0 aliphatic carbocycles. The molecule has 0 radical (unpaired) electrons. The van der Waals surface area contributed by atoms with Crippen LogP contribution in [0.2, 0.25) is 0 Å². The minimum atomic E-state index is -0.443. The van der Waals surface area contributed by atoms with Gasteiger partial charge in [0.25, 0.3) is 5.69 Å². The average Bonchev–Trinajstić information content (AvgIpc) is 3.28. The number of aromatic nitrogens is 3. The van der Waals surface area contributed by atoms with Crippen molar-refractivity contribution in [2.24, 2.45) is 0 Å². The van der Waals surface area contributed by atoms with Crippen molar-refractivity contribution >= 4 is 28.5 Å². The number of fused-ring (bicyclic) bond motifs is 2. The first-order valence-corrected chi connectivity index (χ1v) is 9.01. The van der Waals surface area contributed by atoms with E-state index in [9.17, 15) is 14.9 Å². The van der Waals surface area contributed by atoms with Gasteiger partial charge in [-0.2, -0.15) is 14.8 Å². The molecule has 0 unspecified atom stereocenters. The summed E-state index contributed by atoms with van der Waals surface area (Å²) < 4.78 is 7.29. The van der Waals surface area contributed by atoms with Crippen LogP contribution in [0.1, 0.15) is 29.2 Å². The first-order chi connectivity index (χ1) is 14.0. The first kappa shape index (κ1) is 17.1. The first-order valence-electron chi connectivity index (χ1n) is 9.01. The number of aryl methyl sites for hydroxylation is 1. The number of amides is 1. The Balaban J connectivity index is 1.66. The molecular weight excluding hydrogens is 374 g/mol. The lowest BCUT2D eigenvalue weighted by molar-refractivity contribution is -0.384. The number of para-hydroxylation sites is 2. The van der Waals surface area contributed by atoms with Crippen molar-refractivity contribution in [2.45, 2.75) is 19.3 Å². The van der Waals surface area contributed by atoms with E-state index in [0.29, 0.717) is 28.2 Å². The number of hydrogen-bond acceptors (Lipinski definition) is 6. The third-order valence-electron chi connectivity index (χ3n) is 5.05. The van der Waals surface area contributed by atoms with Crippen LogP contribution in [-0.4, -0.2) is 25.6 Å². The summed E-state index contributed by atoms with van der Waals surface area (Å²) in [6, 6.07) is 13.9. The number of anilines is 1. The summed E-state index contributed by atoms with van der Waals surface area (Å²) in [5.74, 6) is -0.0788. The number of non-ortho nitro benzene ring substituents is 1. The number of nitro benzene ring substituents is 1. The topological polar surface area (TPSA) is 116 Å². The van der Waals surface area contributed by atoms with E-state index in [-0.39, 0.29) is 29.9 Å². The van der Waals surface area contributed by atoms with E-state index in [2.05, 4.69) is 15.4 Å². The Morgan fingerprint density at radius 2 is 2.07 bits per heavy atom. The van der Waals surface area contributed by atoms with Gasteiger partial charge in [0.15, 0.2) is 5.58 Å². The van der Waals surface area contributed by atoms with Crippen LogP contribution < -0.4 is 5.32 Å². The summed E-state index contributed by atoms with van der Waals surface area (Å²) in [6.07, 6.45) is 0.175. The van der Waals surface area contributed by atoms with Gasteiger partial charge < -0.3 is 9.73 Å². The number of carbonyl (C=O) groups is 1. The fraction of sp³-hybridized carbons (Fsp3) is 0.150. The minimum absolute atomic E-state index is 0.0148. The summed E-state index contributed by atoms with van der Waals surface area (Å²) in [7, 11) is 0. The van der Waals surface area contributed by atoms with Crippen molar-refractivity contribution in [2.75, 3.05) is 5.32 Å². The molecule has 9 heteroatoms. The molecule has 0 saturated heterocycles.